The number of benzene rings is 1. The van der Waals surface area contributed by atoms with Gasteiger partial charge in [0.1, 0.15) is 5.69 Å². The van der Waals surface area contributed by atoms with Crippen LogP contribution in [0.2, 0.25) is 5.02 Å². The average molecular weight is 322 g/mol. The predicted molar refractivity (Wildman–Crippen MR) is 87.3 cm³/mol. The number of nitrogens with zero attached hydrogens (tertiary/aromatic N) is 2. The monoisotopic (exact) mass is 321 g/mol. The molecule has 0 bridgehead atoms. The average Bonchev–Trinajstić information content (AvgIpc) is 3.09. The summed E-state index contributed by atoms with van der Waals surface area (Å²) < 4.78 is 0. The molecule has 1 fully saturated rings. The summed E-state index contributed by atoms with van der Waals surface area (Å²) in [6.07, 6.45) is 0. The molecule has 0 radical (unpaired) electrons. The van der Waals surface area contributed by atoms with Crippen LogP contribution in [-0.4, -0.2) is 65.6 Å². The smallest absolute Gasteiger partial charge is 0.270 e. The van der Waals surface area contributed by atoms with Crippen LogP contribution in [0.1, 0.15) is 10.5 Å². The van der Waals surface area contributed by atoms with Crippen molar-refractivity contribution in [2.75, 3.05) is 33.8 Å². The Balaban J connectivity index is 1.83. The van der Waals surface area contributed by atoms with E-state index in [2.05, 4.69) is 9.88 Å². The highest BCUT2D eigenvalue weighted by Gasteiger charge is 2.36. The fourth-order valence-electron chi connectivity index (χ4n) is 3.17. The van der Waals surface area contributed by atoms with Gasteiger partial charge in [-0.05, 0) is 38.4 Å². The summed E-state index contributed by atoms with van der Waals surface area (Å²) in [5.41, 5.74) is 1.46. The van der Waals surface area contributed by atoms with E-state index in [9.17, 15) is 9.90 Å². The first kappa shape index (κ1) is 15.3. The van der Waals surface area contributed by atoms with Crippen LogP contribution in [0.25, 0.3) is 10.9 Å². The SMILES string of the molecule is CN(C)[C@@H]1CN(C(=O)c2cc3cc(Cl)ccc3[nH]2)C[C@H]1CO. The van der Waals surface area contributed by atoms with Crippen molar-refractivity contribution in [3.8, 4) is 0 Å². The second-order valence-electron chi connectivity index (χ2n) is 6.10. The van der Waals surface area contributed by atoms with Gasteiger partial charge in [-0.3, -0.25) is 4.79 Å². The van der Waals surface area contributed by atoms with E-state index >= 15 is 0 Å². The number of aromatic nitrogens is 1. The van der Waals surface area contributed by atoms with E-state index in [1.165, 1.54) is 0 Å². The molecule has 1 aliphatic rings. The molecule has 22 heavy (non-hydrogen) atoms. The number of nitrogens with one attached hydrogen (secondary N) is 1. The topological polar surface area (TPSA) is 59.6 Å². The molecule has 2 N–H and O–H groups in total. The van der Waals surface area contributed by atoms with E-state index in [0.717, 1.165) is 10.9 Å². The number of amides is 1. The molecule has 1 aromatic carbocycles. The van der Waals surface area contributed by atoms with E-state index < -0.39 is 0 Å². The number of hydrogen-bond acceptors (Lipinski definition) is 3. The number of hydrogen-bond donors (Lipinski definition) is 2. The number of likely N-dealkylation sites (N-methyl/N-ethyl adjacent to an activating group) is 1. The van der Waals surface area contributed by atoms with Crippen LogP contribution in [0.15, 0.2) is 24.3 Å². The molecule has 5 nitrogen and oxygen atoms in total. The summed E-state index contributed by atoms with van der Waals surface area (Å²) in [4.78, 5) is 19.7. The van der Waals surface area contributed by atoms with Crippen molar-refractivity contribution < 1.29 is 9.90 Å². The van der Waals surface area contributed by atoms with Crippen molar-refractivity contribution in [1.29, 1.82) is 0 Å². The van der Waals surface area contributed by atoms with Crippen molar-refractivity contribution in [2.45, 2.75) is 6.04 Å². The molecule has 118 valence electrons. The minimum Gasteiger partial charge on any atom is -0.396 e. The molecule has 1 amide bonds. The molecular formula is C16H20ClN3O2. The summed E-state index contributed by atoms with van der Waals surface area (Å²) in [6, 6.07) is 7.53. The van der Waals surface area contributed by atoms with Gasteiger partial charge in [0.15, 0.2) is 0 Å². The zero-order valence-corrected chi connectivity index (χ0v) is 13.5. The maximum atomic E-state index is 12.7. The largest absolute Gasteiger partial charge is 0.396 e. The van der Waals surface area contributed by atoms with Gasteiger partial charge in [0.2, 0.25) is 0 Å². The van der Waals surface area contributed by atoms with Crippen LogP contribution in [0, 0.1) is 5.92 Å². The van der Waals surface area contributed by atoms with Gasteiger partial charge in [-0.25, -0.2) is 0 Å². The second-order valence-corrected chi connectivity index (χ2v) is 6.53. The third kappa shape index (κ3) is 2.72. The Morgan fingerprint density at radius 1 is 1.41 bits per heavy atom. The van der Waals surface area contributed by atoms with Crippen LogP contribution in [-0.2, 0) is 0 Å². The first-order chi connectivity index (χ1) is 10.5. The molecule has 0 unspecified atom stereocenters. The van der Waals surface area contributed by atoms with Gasteiger partial charge in [0.05, 0.1) is 0 Å². The lowest BCUT2D eigenvalue weighted by Gasteiger charge is -2.23. The minimum atomic E-state index is -0.0323. The van der Waals surface area contributed by atoms with Gasteiger partial charge in [-0.2, -0.15) is 0 Å². The summed E-state index contributed by atoms with van der Waals surface area (Å²) in [5.74, 6) is 0.0629. The van der Waals surface area contributed by atoms with Crippen LogP contribution < -0.4 is 0 Å². The number of rotatable bonds is 3. The van der Waals surface area contributed by atoms with E-state index in [1.54, 1.807) is 11.0 Å². The Morgan fingerprint density at radius 3 is 2.82 bits per heavy atom. The molecule has 1 aromatic heterocycles. The zero-order valence-electron chi connectivity index (χ0n) is 12.7. The van der Waals surface area contributed by atoms with Gasteiger partial charge in [-0.15, -0.1) is 0 Å². The number of halogens is 1. The van der Waals surface area contributed by atoms with Crippen molar-refractivity contribution >= 4 is 28.4 Å². The van der Waals surface area contributed by atoms with Gasteiger partial charge in [0, 0.05) is 47.6 Å². The Hall–Kier alpha value is -1.56. The molecule has 2 heterocycles. The number of aliphatic hydroxyl groups excluding tert-OH is 1. The predicted octanol–water partition coefficient (Wildman–Crippen LogP) is 1.82. The molecule has 2 atom stereocenters. The number of likely N-dealkylation sites (tertiary alicyclic amines) is 1. The molecule has 6 heteroatoms. The molecule has 0 saturated carbocycles. The van der Waals surface area contributed by atoms with E-state index in [4.69, 9.17) is 11.6 Å². The number of carbonyl (C=O) groups is 1. The molecule has 1 saturated heterocycles. The van der Waals surface area contributed by atoms with Crippen LogP contribution in [0.5, 0.6) is 0 Å². The molecule has 3 rings (SSSR count). The molecule has 1 aliphatic heterocycles. The van der Waals surface area contributed by atoms with Crippen molar-refractivity contribution in [3.05, 3.63) is 35.0 Å². The third-order valence-electron chi connectivity index (χ3n) is 4.40. The lowest BCUT2D eigenvalue weighted by molar-refractivity contribution is 0.0774. The maximum Gasteiger partial charge on any atom is 0.270 e. The fraction of sp³-hybridized carbons (Fsp3) is 0.438. The highest BCUT2D eigenvalue weighted by molar-refractivity contribution is 6.31. The Labute approximate surface area is 134 Å². The standard InChI is InChI=1S/C16H20ClN3O2/c1-19(2)15-8-20(7-11(15)9-21)16(22)14-6-10-5-12(17)3-4-13(10)18-14/h3-6,11,15,18,21H,7-9H2,1-2H3/t11-,15+/m0/s1. The lowest BCUT2D eigenvalue weighted by Crippen LogP contribution is -2.37. The van der Waals surface area contributed by atoms with E-state index in [-0.39, 0.29) is 24.5 Å². The summed E-state index contributed by atoms with van der Waals surface area (Å²) >= 11 is 5.98. The minimum absolute atomic E-state index is 0.0323. The van der Waals surface area contributed by atoms with E-state index in [0.29, 0.717) is 23.8 Å². The van der Waals surface area contributed by atoms with Crippen LogP contribution in [0.3, 0.4) is 0 Å². The van der Waals surface area contributed by atoms with Crippen molar-refractivity contribution in [3.63, 3.8) is 0 Å². The quantitative estimate of drug-likeness (QED) is 0.906. The normalized spacial score (nSPS) is 22.0. The first-order valence-corrected chi connectivity index (χ1v) is 7.72. The van der Waals surface area contributed by atoms with Crippen LogP contribution >= 0.6 is 11.6 Å². The molecule has 0 aliphatic carbocycles. The highest BCUT2D eigenvalue weighted by Crippen LogP contribution is 2.24. The zero-order chi connectivity index (χ0) is 15.9. The number of H-pyrrole nitrogens is 1. The van der Waals surface area contributed by atoms with Crippen molar-refractivity contribution in [2.24, 2.45) is 5.92 Å². The summed E-state index contributed by atoms with van der Waals surface area (Å²) in [5, 5.41) is 11.1. The number of aliphatic hydroxyl groups is 1. The second kappa shape index (κ2) is 5.91. The van der Waals surface area contributed by atoms with Gasteiger partial charge < -0.3 is 19.9 Å². The number of carbonyl (C=O) groups excluding carboxylic acids is 1. The van der Waals surface area contributed by atoms with Crippen LogP contribution in [0.4, 0.5) is 0 Å². The number of aromatic amines is 1. The maximum absolute atomic E-state index is 12.7. The van der Waals surface area contributed by atoms with E-state index in [1.807, 2.05) is 32.3 Å². The summed E-state index contributed by atoms with van der Waals surface area (Å²) in [6.45, 7) is 1.30. The van der Waals surface area contributed by atoms with Gasteiger partial charge in [0.25, 0.3) is 5.91 Å². The Kier molecular flexibility index (Phi) is 4.12. The molecule has 2 aromatic rings. The highest BCUT2D eigenvalue weighted by atomic mass is 35.5. The Morgan fingerprint density at radius 2 is 2.18 bits per heavy atom. The van der Waals surface area contributed by atoms with Gasteiger partial charge in [-0.1, -0.05) is 11.6 Å². The molecular weight excluding hydrogens is 302 g/mol. The number of fused-ring (bicyclic) bond motifs is 1. The Bertz CT molecular complexity index is 698. The summed E-state index contributed by atoms with van der Waals surface area (Å²) in [7, 11) is 3.96. The third-order valence-corrected chi connectivity index (χ3v) is 4.64. The van der Waals surface area contributed by atoms with Gasteiger partial charge >= 0.3 is 0 Å². The first-order valence-electron chi connectivity index (χ1n) is 7.34. The molecule has 0 spiro atoms. The lowest BCUT2D eigenvalue weighted by atomic mass is 10.0. The van der Waals surface area contributed by atoms with Crippen molar-refractivity contribution in [1.82, 2.24) is 14.8 Å². The fourth-order valence-corrected chi connectivity index (χ4v) is 3.35.